The minimum Gasteiger partial charge on any atom is -0.465 e. The summed E-state index contributed by atoms with van der Waals surface area (Å²) >= 11 is 0. The molecule has 2 aliphatic carbocycles. The molecule has 3 rings (SSSR count). The second-order valence-corrected chi connectivity index (χ2v) is 10.6. The lowest BCUT2D eigenvalue weighted by atomic mass is 9.55. The first-order valence-corrected chi connectivity index (χ1v) is 11.1. The van der Waals surface area contributed by atoms with E-state index >= 15 is 0 Å². The molecule has 2 unspecified atom stereocenters. The Bertz CT molecular complexity index is 620. The summed E-state index contributed by atoms with van der Waals surface area (Å²) in [5, 5.41) is 0. The van der Waals surface area contributed by atoms with Crippen molar-refractivity contribution in [1.82, 2.24) is 0 Å². The Labute approximate surface area is 167 Å². The van der Waals surface area contributed by atoms with E-state index in [1.807, 2.05) is 6.92 Å². The third kappa shape index (κ3) is 5.08. The molecule has 0 amide bonds. The maximum absolute atomic E-state index is 6.08. The summed E-state index contributed by atoms with van der Waals surface area (Å²) in [5.74, 6) is 2.45. The van der Waals surface area contributed by atoms with Gasteiger partial charge in [-0.1, -0.05) is 72.8 Å². The van der Waals surface area contributed by atoms with Crippen LogP contribution in [-0.4, -0.2) is 12.9 Å². The van der Waals surface area contributed by atoms with Gasteiger partial charge < -0.3 is 9.47 Å². The van der Waals surface area contributed by atoms with Crippen molar-refractivity contribution in [3.05, 3.63) is 29.3 Å². The van der Waals surface area contributed by atoms with Gasteiger partial charge in [-0.25, -0.2) is 0 Å². The second-order valence-electron chi connectivity index (χ2n) is 10.6. The molecule has 0 heterocycles. The van der Waals surface area contributed by atoms with Gasteiger partial charge in [0.25, 0.3) is 0 Å². The van der Waals surface area contributed by atoms with Crippen molar-refractivity contribution in [1.29, 1.82) is 0 Å². The molecule has 0 spiro atoms. The average molecular weight is 373 g/mol. The van der Waals surface area contributed by atoms with Crippen molar-refractivity contribution in [2.24, 2.45) is 11.3 Å². The normalized spacial score (nSPS) is 23.4. The smallest absolute Gasteiger partial charge is 0.196 e. The highest BCUT2D eigenvalue weighted by Crippen LogP contribution is 2.56. The summed E-state index contributed by atoms with van der Waals surface area (Å²) in [6.07, 6.45) is 9.22. The monoisotopic (exact) mass is 372 g/mol. The van der Waals surface area contributed by atoms with Gasteiger partial charge in [-0.05, 0) is 65.7 Å². The zero-order valence-corrected chi connectivity index (χ0v) is 18.4. The lowest BCUT2D eigenvalue weighted by molar-refractivity contribution is -0.0712. The molecule has 2 heteroatoms. The first-order valence-electron chi connectivity index (χ1n) is 11.1. The van der Waals surface area contributed by atoms with Gasteiger partial charge in [0.1, 0.15) is 5.75 Å². The highest BCUT2D eigenvalue weighted by Gasteiger charge is 2.45. The van der Waals surface area contributed by atoms with E-state index in [1.165, 1.54) is 56.1 Å². The molecule has 1 saturated carbocycles. The number of fused-ring (bicyclic) bond motifs is 1. The molecular formula is C25H40O2. The van der Waals surface area contributed by atoms with E-state index in [0.717, 1.165) is 18.3 Å². The summed E-state index contributed by atoms with van der Waals surface area (Å²) < 4.78 is 12.0. The summed E-state index contributed by atoms with van der Waals surface area (Å²) in [5.41, 5.74) is 3.54. The highest BCUT2D eigenvalue weighted by molar-refractivity contribution is 5.52. The van der Waals surface area contributed by atoms with E-state index in [2.05, 4.69) is 52.8 Å². The Morgan fingerprint density at radius 1 is 1.11 bits per heavy atom. The molecular weight excluding hydrogens is 332 g/mol. The summed E-state index contributed by atoms with van der Waals surface area (Å²) in [6.45, 7) is 14.6. The van der Waals surface area contributed by atoms with Crippen molar-refractivity contribution in [2.45, 2.75) is 104 Å². The first-order chi connectivity index (χ1) is 12.7. The molecule has 27 heavy (non-hydrogen) atoms. The summed E-state index contributed by atoms with van der Waals surface area (Å²) in [6, 6.07) is 6.65. The quantitative estimate of drug-likeness (QED) is 0.471. The molecule has 0 aromatic heterocycles. The van der Waals surface area contributed by atoms with Crippen molar-refractivity contribution in [3.8, 4) is 5.75 Å². The van der Waals surface area contributed by atoms with Crippen LogP contribution in [0.2, 0.25) is 0 Å². The van der Waals surface area contributed by atoms with E-state index in [9.17, 15) is 0 Å². The molecule has 1 aromatic rings. The van der Waals surface area contributed by atoms with E-state index < -0.39 is 0 Å². The summed E-state index contributed by atoms with van der Waals surface area (Å²) in [7, 11) is 0. The van der Waals surface area contributed by atoms with Crippen LogP contribution in [0.3, 0.4) is 0 Å². The van der Waals surface area contributed by atoms with Crippen molar-refractivity contribution < 1.29 is 9.47 Å². The largest absolute Gasteiger partial charge is 0.465 e. The molecule has 0 bridgehead atoms. The van der Waals surface area contributed by atoms with Gasteiger partial charge in [-0.3, -0.25) is 0 Å². The molecule has 152 valence electrons. The maximum atomic E-state index is 6.08. The van der Waals surface area contributed by atoms with Crippen molar-refractivity contribution in [2.75, 3.05) is 6.61 Å². The van der Waals surface area contributed by atoms with Gasteiger partial charge >= 0.3 is 0 Å². The predicted octanol–water partition coefficient (Wildman–Crippen LogP) is 7.21. The van der Waals surface area contributed by atoms with Crippen LogP contribution in [0.15, 0.2) is 18.2 Å². The molecule has 1 fully saturated rings. The SMILES string of the molecule is CC(OCCC1CCCCC1)Oc1ccc2c(c1)C(C)(C)C2CC(C)(C)C. The van der Waals surface area contributed by atoms with Gasteiger partial charge in [0, 0.05) is 0 Å². The number of hydrogen-bond acceptors (Lipinski definition) is 2. The minimum absolute atomic E-state index is 0.180. The standard InChI is InChI=1S/C25H40O2/c1-18(26-15-14-19-10-8-7-9-11-19)27-20-12-13-21-22(16-20)25(5,6)23(21)17-24(2,3)4/h12-13,16,18-19,23H,7-11,14-15,17H2,1-6H3. The third-order valence-corrected chi connectivity index (χ3v) is 6.69. The Morgan fingerprint density at radius 3 is 2.48 bits per heavy atom. The number of rotatable bonds is 7. The Hall–Kier alpha value is -1.02. The summed E-state index contributed by atoms with van der Waals surface area (Å²) in [4.78, 5) is 0. The first kappa shape index (κ1) is 20.7. The van der Waals surface area contributed by atoms with Crippen LogP contribution in [0.1, 0.15) is 104 Å². The molecule has 2 atom stereocenters. The average Bonchev–Trinajstić information content (AvgIpc) is 2.60. The van der Waals surface area contributed by atoms with Crippen LogP contribution in [-0.2, 0) is 10.2 Å². The lowest BCUT2D eigenvalue weighted by Crippen LogP contribution is -2.40. The molecule has 2 nitrogen and oxygen atoms in total. The van der Waals surface area contributed by atoms with E-state index in [1.54, 1.807) is 0 Å². The maximum Gasteiger partial charge on any atom is 0.196 e. The zero-order chi connectivity index (χ0) is 19.7. The van der Waals surface area contributed by atoms with Crippen LogP contribution >= 0.6 is 0 Å². The predicted molar refractivity (Wildman–Crippen MR) is 114 cm³/mol. The molecule has 1 aromatic carbocycles. The number of benzene rings is 1. The number of hydrogen-bond donors (Lipinski definition) is 0. The van der Waals surface area contributed by atoms with E-state index in [0.29, 0.717) is 11.3 Å². The third-order valence-electron chi connectivity index (χ3n) is 6.69. The topological polar surface area (TPSA) is 18.5 Å². The van der Waals surface area contributed by atoms with Crippen LogP contribution < -0.4 is 4.74 Å². The Balaban J connectivity index is 1.52. The van der Waals surface area contributed by atoms with E-state index in [4.69, 9.17) is 9.47 Å². The fraction of sp³-hybridized carbons (Fsp3) is 0.760. The van der Waals surface area contributed by atoms with Gasteiger partial charge in [-0.15, -0.1) is 0 Å². The molecule has 0 N–H and O–H groups in total. The molecule has 0 aliphatic heterocycles. The fourth-order valence-electron chi connectivity index (χ4n) is 5.05. The van der Waals surface area contributed by atoms with Gasteiger partial charge in [0.05, 0.1) is 6.61 Å². The van der Waals surface area contributed by atoms with Crippen LogP contribution in [0.4, 0.5) is 0 Å². The Morgan fingerprint density at radius 2 is 1.81 bits per heavy atom. The molecule has 0 saturated heterocycles. The van der Waals surface area contributed by atoms with Crippen LogP contribution in [0.25, 0.3) is 0 Å². The van der Waals surface area contributed by atoms with Gasteiger partial charge in [-0.2, -0.15) is 0 Å². The van der Waals surface area contributed by atoms with Crippen molar-refractivity contribution in [3.63, 3.8) is 0 Å². The highest BCUT2D eigenvalue weighted by atomic mass is 16.7. The van der Waals surface area contributed by atoms with Crippen LogP contribution in [0.5, 0.6) is 5.75 Å². The number of ether oxygens (including phenoxy) is 2. The van der Waals surface area contributed by atoms with Gasteiger partial charge in [0.2, 0.25) is 0 Å². The Kier molecular flexibility index (Phi) is 6.25. The molecule has 2 aliphatic rings. The lowest BCUT2D eigenvalue weighted by Gasteiger charge is -2.49. The zero-order valence-electron chi connectivity index (χ0n) is 18.4. The van der Waals surface area contributed by atoms with Crippen LogP contribution in [0, 0.1) is 11.3 Å². The minimum atomic E-state index is -0.180. The van der Waals surface area contributed by atoms with Gasteiger partial charge in [0.15, 0.2) is 6.29 Å². The molecule has 0 radical (unpaired) electrons. The van der Waals surface area contributed by atoms with E-state index in [-0.39, 0.29) is 11.7 Å². The second kappa shape index (κ2) is 8.15. The van der Waals surface area contributed by atoms with Crippen molar-refractivity contribution >= 4 is 0 Å². The fourth-order valence-corrected chi connectivity index (χ4v) is 5.05.